The molecule has 2 aromatic rings. The maximum atomic E-state index is 12.9. The largest absolute Gasteiger partial charge is 0.492 e. The lowest BCUT2D eigenvalue weighted by atomic mass is 9.98. The van der Waals surface area contributed by atoms with Crippen molar-refractivity contribution in [1.82, 2.24) is 4.31 Å². The van der Waals surface area contributed by atoms with Crippen molar-refractivity contribution in [2.75, 3.05) is 25.0 Å². The van der Waals surface area contributed by atoms with Crippen molar-refractivity contribution in [2.24, 2.45) is 5.92 Å². The summed E-state index contributed by atoms with van der Waals surface area (Å²) in [7, 11) is -3.49. The number of carbonyl (C=O) groups excluding carboxylic acids is 1. The van der Waals surface area contributed by atoms with E-state index < -0.39 is 10.0 Å². The highest BCUT2D eigenvalue weighted by atomic mass is 32.2. The summed E-state index contributed by atoms with van der Waals surface area (Å²) < 4.78 is 32.9. The van der Waals surface area contributed by atoms with Gasteiger partial charge in [-0.2, -0.15) is 0 Å². The Morgan fingerprint density at radius 1 is 1.17 bits per heavy atom. The number of anilines is 1. The van der Waals surface area contributed by atoms with Gasteiger partial charge in [0.25, 0.3) is 0 Å². The van der Waals surface area contributed by atoms with Crippen molar-refractivity contribution < 1.29 is 17.9 Å². The van der Waals surface area contributed by atoms with E-state index in [4.69, 9.17) is 4.74 Å². The molecule has 0 saturated carbocycles. The highest BCUT2D eigenvalue weighted by Crippen LogP contribution is 2.27. The lowest BCUT2D eigenvalue weighted by Crippen LogP contribution is -2.44. The molecule has 0 aliphatic carbocycles. The molecule has 1 aliphatic heterocycles. The Morgan fingerprint density at radius 2 is 1.90 bits per heavy atom. The fraction of sp³-hybridized carbons (Fsp3) is 0.409. The number of amides is 1. The molecule has 1 amide bonds. The van der Waals surface area contributed by atoms with E-state index in [1.54, 1.807) is 12.1 Å². The van der Waals surface area contributed by atoms with Crippen LogP contribution in [-0.2, 0) is 20.6 Å². The molecule has 0 radical (unpaired) electrons. The molecular weight excluding hydrogens is 388 g/mol. The van der Waals surface area contributed by atoms with Gasteiger partial charge in [-0.3, -0.25) is 4.79 Å². The van der Waals surface area contributed by atoms with Crippen LogP contribution in [0.1, 0.15) is 30.9 Å². The van der Waals surface area contributed by atoms with Gasteiger partial charge in [-0.25, -0.2) is 12.7 Å². The molecule has 0 aromatic heterocycles. The van der Waals surface area contributed by atoms with Crippen molar-refractivity contribution in [3.05, 3.63) is 59.7 Å². The summed E-state index contributed by atoms with van der Waals surface area (Å²) in [6.07, 6.45) is 1.33. The van der Waals surface area contributed by atoms with Gasteiger partial charge in [0.15, 0.2) is 0 Å². The van der Waals surface area contributed by atoms with Crippen LogP contribution in [0.3, 0.4) is 0 Å². The number of piperidine rings is 1. The zero-order valence-electron chi connectivity index (χ0n) is 16.9. The van der Waals surface area contributed by atoms with Gasteiger partial charge in [0.1, 0.15) is 5.75 Å². The van der Waals surface area contributed by atoms with E-state index in [2.05, 4.69) is 5.32 Å². The molecule has 0 bridgehead atoms. The van der Waals surface area contributed by atoms with Crippen molar-refractivity contribution >= 4 is 21.6 Å². The number of aryl methyl sites for hydroxylation is 1. The summed E-state index contributed by atoms with van der Waals surface area (Å²) in [6, 6.07) is 14.8. The first-order valence-corrected chi connectivity index (χ1v) is 11.6. The summed E-state index contributed by atoms with van der Waals surface area (Å²) in [5.41, 5.74) is 2.36. The minimum atomic E-state index is -3.49. The fourth-order valence-electron chi connectivity index (χ4n) is 3.55. The Bertz CT molecular complexity index is 959. The van der Waals surface area contributed by atoms with Crippen LogP contribution in [0.4, 0.5) is 5.69 Å². The minimum Gasteiger partial charge on any atom is -0.492 e. The highest BCUT2D eigenvalue weighted by molar-refractivity contribution is 7.88. The molecule has 1 heterocycles. The van der Waals surface area contributed by atoms with Crippen LogP contribution in [0.5, 0.6) is 5.75 Å². The van der Waals surface area contributed by atoms with E-state index in [-0.39, 0.29) is 24.1 Å². The van der Waals surface area contributed by atoms with Crippen LogP contribution in [-0.4, -0.2) is 38.3 Å². The van der Waals surface area contributed by atoms with Gasteiger partial charge >= 0.3 is 0 Å². The molecule has 1 N–H and O–H groups in total. The topological polar surface area (TPSA) is 75.7 Å². The number of sulfonamides is 1. The molecular formula is C22H28N2O4S. The number of carbonyl (C=O) groups is 1. The molecule has 1 unspecified atom stereocenters. The van der Waals surface area contributed by atoms with Crippen molar-refractivity contribution in [1.29, 1.82) is 0 Å². The normalized spacial score (nSPS) is 17.7. The Labute approximate surface area is 172 Å². The van der Waals surface area contributed by atoms with Gasteiger partial charge in [-0.15, -0.1) is 0 Å². The van der Waals surface area contributed by atoms with Gasteiger partial charge in [0.05, 0.1) is 24.0 Å². The molecule has 2 aromatic carbocycles. The molecule has 3 rings (SSSR count). The average Bonchev–Trinajstić information content (AvgIpc) is 2.71. The van der Waals surface area contributed by atoms with Crippen LogP contribution in [0, 0.1) is 12.8 Å². The third kappa shape index (κ3) is 5.36. The number of hydrogen-bond donors (Lipinski definition) is 1. The highest BCUT2D eigenvalue weighted by Gasteiger charge is 2.32. The number of ether oxygens (including phenoxy) is 1. The summed E-state index contributed by atoms with van der Waals surface area (Å²) in [5.74, 6) is 0.0162. The third-order valence-electron chi connectivity index (χ3n) is 5.19. The Hall–Kier alpha value is -2.38. The SMILES string of the molecule is CCOc1ccccc1NC(=O)C1CCCN(S(=O)(=O)Cc2ccccc2C)C1. The molecule has 156 valence electrons. The molecule has 7 heteroatoms. The van der Waals surface area contributed by atoms with E-state index in [0.717, 1.165) is 11.1 Å². The van der Waals surface area contributed by atoms with Gasteiger partial charge in [0.2, 0.25) is 15.9 Å². The molecule has 6 nitrogen and oxygen atoms in total. The summed E-state index contributed by atoms with van der Waals surface area (Å²) in [4.78, 5) is 12.8. The van der Waals surface area contributed by atoms with Crippen LogP contribution in [0.15, 0.2) is 48.5 Å². The van der Waals surface area contributed by atoms with Gasteiger partial charge < -0.3 is 10.1 Å². The molecule has 1 fully saturated rings. The summed E-state index contributed by atoms with van der Waals surface area (Å²) >= 11 is 0. The van der Waals surface area contributed by atoms with Crippen LogP contribution >= 0.6 is 0 Å². The zero-order chi connectivity index (χ0) is 20.9. The van der Waals surface area contributed by atoms with Crippen LogP contribution < -0.4 is 10.1 Å². The molecule has 0 spiro atoms. The van der Waals surface area contributed by atoms with Crippen molar-refractivity contribution in [2.45, 2.75) is 32.4 Å². The standard InChI is InChI=1S/C22H28N2O4S/c1-3-28-21-13-7-6-12-20(21)23-22(25)18-11-8-14-24(15-18)29(26,27)16-19-10-5-4-9-17(19)2/h4-7,9-10,12-13,18H,3,8,11,14-16H2,1-2H3,(H,23,25). The minimum absolute atomic E-state index is 0.0405. The van der Waals surface area contributed by atoms with E-state index in [9.17, 15) is 13.2 Å². The summed E-state index contributed by atoms with van der Waals surface area (Å²) in [6.45, 7) is 4.95. The first-order chi connectivity index (χ1) is 13.9. The van der Waals surface area contributed by atoms with Crippen LogP contribution in [0.25, 0.3) is 0 Å². The first-order valence-electron chi connectivity index (χ1n) is 9.95. The predicted molar refractivity (Wildman–Crippen MR) is 114 cm³/mol. The van der Waals surface area contributed by atoms with E-state index >= 15 is 0 Å². The van der Waals surface area contributed by atoms with E-state index in [1.807, 2.05) is 50.2 Å². The van der Waals surface area contributed by atoms with Gasteiger partial charge in [0, 0.05) is 13.1 Å². The van der Waals surface area contributed by atoms with Crippen molar-refractivity contribution in [3.8, 4) is 5.75 Å². The van der Waals surface area contributed by atoms with E-state index in [1.165, 1.54) is 4.31 Å². The predicted octanol–water partition coefficient (Wildman–Crippen LogP) is 3.57. The Kier molecular flexibility index (Phi) is 6.92. The second-order valence-corrected chi connectivity index (χ2v) is 9.27. The quantitative estimate of drug-likeness (QED) is 0.749. The van der Waals surface area contributed by atoms with Gasteiger partial charge in [-0.1, -0.05) is 36.4 Å². The first kappa shape index (κ1) is 21.3. The summed E-state index contributed by atoms with van der Waals surface area (Å²) in [5, 5.41) is 2.91. The second kappa shape index (κ2) is 9.41. The molecule has 29 heavy (non-hydrogen) atoms. The van der Waals surface area contributed by atoms with Crippen molar-refractivity contribution in [3.63, 3.8) is 0 Å². The number of rotatable bonds is 7. The molecule has 1 aliphatic rings. The lowest BCUT2D eigenvalue weighted by molar-refractivity contribution is -0.120. The lowest BCUT2D eigenvalue weighted by Gasteiger charge is -2.31. The number of benzene rings is 2. The maximum Gasteiger partial charge on any atom is 0.228 e. The molecule has 1 atom stereocenters. The smallest absolute Gasteiger partial charge is 0.228 e. The fourth-order valence-corrected chi connectivity index (χ4v) is 5.27. The number of nitrogens with one attached hydrogen (secondary N) is 1. The number of nitrogens with zero attached hydrogens (tertiary/aromatic N) is 1. The Balaban J connectivity index is 1.68. The average molecular weight is 417 g/mol. The monoisotopic (exact) mass is 416 g/mol. The van der Waals surface area contributed by atoms with Crippen LogP contribution in [0.2, 0.25) is 0 Å². The number of para-hydroxylation sites is 2. The third-order valence-corrected chi connectivity index (χ3v) is 6.99. The van der Waals surface area contributed by atoms with E-state index in [0.29, 0.717) is 37.4 Å². The number of hydrogen-bond acceptors (Lipinski definition) is 4. The van der Waals surface area contributed by atoms with Gasteiger partial charge in [-0.05, 0) is 49.9 Å². The Morgan fingerprint density at radius 3 is 2.66 bits per heavy atom. The maximum absolute atomic E-state index is 12.9. The zero-order valence-corrected chi connectivity index (χ0v) is 17.7. The second-order valence-electron chi connectivity index (χ2n) is 7.30. The molecule has 1 saturated heterocycles.